The van der Waals surface area contributed by atoms with Crippen molar-refractivity contribution in [3.63, 3.8) is 0 Å². The van der Waals surface area contributed by atoms with Gasteiger partial charge in [-0.15, -0.1) is 0 Å². The third-order valence-electron chi connectivity index (χ3n) is 3.19. The number of amides is 1. The number of hydrogen-bond donors (Lipinski definition) is 0. The van der Waals surface area contributed by atoms with Crippen molar-refractivity contribution >= 4 is 17.5 Å². The molecule has 0 spiro atoms. The number of carbonyl (C=O) groups excluding carboxylic acids is 1. The van der Waals surface area contributed by atoms with Gasteiger partial charge in [0.05, 0.1) is 11.8 Å². The first-order valence-electron chi connectivity index (χ1n) is 7.29. The highest BCUT2D eigenvalue weighted by Crippen LogP contribution is 2.30. The first-order valence-corrected chi connectivity index (χ1v) is 7.66. The average molecular weight is 338 g/mol. The van der Waals surface area contributed by atoms with Crippen molar-refractivity contribution in [2.24, 2.45) is 0 Å². The van der Waals surface area contributed by atoms with E-state index in [1.165, 1.54) is 24.7 Å². The van der Waals surface area contributed by atoms with Gasteiger partial charge in [0.25, 0.3) is 5.91 Å². The van der Waals surface area contributed by atoms with Crippen LogP contribution in [0, 0.1) is 5.82 Å². The lowest BCUT2D eigenvalue weighted by atomic mass is 10.1. The molecule has 0 aliphatic heterocycles. The molecule has 5 nitrogen and oxygen atoms in total. The van der Waals surface area contributed by atoms with Gasteiger partial charge >= 0.3 is 0 Å². The van der Waals surface area contributed by atoms with E-state index in [4.69, 9.17) is 16.3 Å². The fraction of sp³-hybridized carbons (Fsp3) is 0.312. The summed E-state index contributed by atoms with van der Waals surface area (Å²) in [5.74, 6) is -0.392. The fourth-order valence-electron chi connectivity index (χ4n) is 2.09. The predicted molar refractivity (Wildman–Crippen MR) is 85.4 cm³/mol. The van der Waals surface area contributed by atoms with E-state index in [0.717, 1.165) is 12.5 Å². The first kappa shape index (κ1) is 17.1. The largest absolute Gasteiger partial charge is 0.452 e. The molecule has 0 bridgehead atoms. The minimum Gasteiger partial charge on any atom is -0.452 e. The van der Waals surface area contributed by atoms with Crippen LogP contribution in [0.2, 0.25) is 5.15 Å². The van der Waals surface area contributed by atoms with E-state index in [-0.39, 0.29) is 28.1 Å². The number of aromatic nitrogens is 2. The SMILES string of the molecule is CCCN(CC)C(=O)c1cc(F)ccc1Oc1cncnc1Cl. The summed E-state index contributed by atoms with van der Waals surface area (Å²) in [6, 6.07) is 3.78. The van der Waals surface area contributed by atoms with E-state index in [1.807, 2.05) is 13.8 Å². The van der Waals surface area contributed by atoms with Crippen molar-refractivity contribution < 1.29 is 13.9 Å². The summed E-state index contributed by atoms with van der Waals surface area (Å²) >= 11 is 5.93. The number of nitrogens with zero attached hydrogens (tertiary/aromatic N) is 3. The monoisotopic (exact) mass is 337 g/mol. The van der Waals surface area contributed by atoms with Gasteiger partial charge < -0.3 is 9.64 Å². The molecular formula is C16H17ClFN3O2. The van der Waals surface area contributed by atoms with Crippen LogP contribution in [0.3, 0.4) is 0 Å². The number of hydrogen-bond acceptors (Lipinski definition) is 4. The van der Waals surface area contributed by atoms with E-state index in [2.05, 4.69) is 9.97 Å². The van der Waals surface area contributed by atoms with Crippen molar-refractivity contribution in [1.82, 2.24) is 14.9 Å². The van der Waals surface area contributed by atoms with E-state index in [9.17, 15) is 9.18 Å². The number of halogens is 2. The van der Waals surface area contributed by atoms with Gasteiger partial charge in [-0.1, -0.05) is 18.5 Å². The summed E-state index contributed by atoms with van der Waals surface area (Å²) < 4.78 is 19.2. The molecule has 0 aliphatic rings. The van der Waals surface area contributed by atoms with Crippen molar-refractivity contribution in [1.29, 1.82) is 0 Å². The summed E-state index contributed by atoms with van der Waals surface area (Å²) in [5.41, 5.74) is 0.139. The summed E-state index contributed by atoms with van der Waals surface area (Å²) in [6.07, 6.45) is 3.48. The molecule has 1 aromatic carbocycles. The van der Waals surface area contributed by atoms with E-state index in [0.29, 0.717) is 13.1 Å². The Labute approximate surface area is 139 Å². The molecule has 1 amide bonds. The van der Waals surface area contributed by atoms with Gasteiger partial charge in [-0.3, -0.25) is 4.79 Å². The second-order valence-electron chi connectivity index (χ2n) is 4.81. The van der Waals surface area contributed by atoms with Crippen LogP contribution in [-0.4, -0.2) is 33.9 Å². The van der Waals surface area contributed by atoms with Crippen molar-refractivity contribution in [3.8, 4) is 11.5 Å². The van der Waals surface area contributed by atoms with Gasteiger partial charge in [0, 0.05) is 13.1 Å². The summed E-state index contributed by atoms with van der Waals surface area (Å²) in [5, 5.41) is 0.114. The maximum Gasteiger partial charge on any atom is 0.257 e. The van der Waals surface area contributed by atoms with Crippen LogP contribution in [0.1, 0.15) is 30.6 Å². The highest BCUT2D eigenvalue weighted by Gasteiger charge is 2.20. The lowest BCUT2D eigenvalue weighted by Gasteiger charge is -2.21. The van der Waals surface area contributed by atoms with Crippen LogP contribution in [0.25, 0.3) is 0 Å². The third-order valence-corrected chi connectivity index (χ3v) is 3.47. The Kier molecular flexibility index (Phi) is 5.87. The maximum atomic E-state index is 13.6. The smallest absolute Gasteiger partial charge is 0.257 e. The Hall–Kier alpha value is -2.21. The molecular weight excluding hydrogens is 321 g/mol. The zero-order chi connectivity index (χ0) is 16.8. The van der Waals surface area contributed by atoms with E-state index >= 15 is 0 Å². The van der Waals surface area contributed by atoms with Gasteiger partial charge in [0.15, 0.2) is 10.9 Å². The van der Waals surface area contributed by atoms with E-state index in [1.54, 1.807) is 4.90 Å². The second-order valence-corrected chi connectivity index (χ2v) is 5.16. The van der Waals surface area contributed by atoms with Gasteiger partial charge in [-0.2, -0.15) is 0 Å². The molecule has 122 valence electrons. The van der Waals surface area contributed by atoms with E-state index < -0.39 is 5.82 Å². The molecule has 23 heavy (non-hydrogen) atoms. The zero-order valence-corrected chi connectivity index (χ0v) is 13.7. The molecule has 2 rings (SSSR count). The molecule has 0 N–H and O–H groups in total. The van der Waals surface area contributed by atoms with Crippen LogP contribution >= 0.6 is 11.6 Å². The van der Waals surface area contributed by atoms with Crippen molar-refractivity contribution in [3.05, 3.63) is 47.3 Å². The molecule has 0 saturated heterocycles. The Morgan fingerprint density at radius 1 is 1.35 bits per heavy atom. The van der Waals surface area contributed by atoms with Crippen molar-refractivity contribution in [2.75, 3.05) is 13.1 Å². The quantitative estimate of drug-likeness (QED) is 0.749. The Morgan fingerprint density at radius 3 is 2.78 bits per heavy atom. The first-order chi connectivity index (χ1) is 11.1. The van der Waals surface area contributed by atoms with Crippen LogP contribution < -0.4 is 4.74 Å². The summed E-state index contributed by atoms with van der Waals surface area (Å²) in [4.78, 5) is 21.9. The predicted octanol–water partition coefficient (Wildman–Crippen LogP) is 3.93. The Bertz CT molecular complexity index is 697. The third kappa shape index (κ3) is 4.16. The zero-order valence-electron chi connectivity index (χ0n) is 12.9. The van der Waals surface area contributed by atoms with Gasteiger partial charge in [-0.25, -0.2) is 14.4 Å². The number of benzene rings is 1. The highest BCUT2D eigenvalue weighted by molar-refractivity contribution is 6.30. The molecule has 7 heteroatoms. The number of ether oxygens (including phenoxy) is 1. The molecule has 0 aliphatic carbocycles. The molecule has 1 aromatic heterocycles. The Balaban J connectivity index is 2.37. The van der Waals surface area contributed by atoms with Crippen LogP contribution in [-0.2, 0) is 0 Å². The maximum absolute atomic E-state index is 13.6. The number of carbonyl (C=O) groups is 1. The Morgan fingerprint density at radius 2 is 2.13 bits per heavy atom. The standard InChI is InChI=1S/C16H17ClFN3O2/c1-3-7-21(4-2)16(22)12-8-11(18)5-6-13(12)23-14-9-19-10-20-15(14)17/h5-6,8-10H,3-4,7H2,1-2H3. The van der Waals surface area contributed by atoms with Crippen LogP contribution in [0.5, 0.6) is 11.5 Å². The molecule has 0 radical (unpaired) electrons. The van der Waals surface area contributed by atoms with Gasteiger partial charge in [0.1, 0.15) is 17.9 Å². The lowest BCUT2D eigenvalue weighted by Crippen LogP contribution is -2.31. The molecule has 0 unspecified atom stereocenters. The van der Waals surface area contributed by atoms with Crippen LogP contribution in [0.4, 0.5) is 4.39 Å². The molecule has 1 heterocycles. The summed E-state index contributed by atoms with van der Waals surface area (Å²) in [6.45, 7) is 4.95. The van der Waals surface area contributed by atoms with Gasteiger partial charge in [-0.05, 0) is 31.5 Å². The van der Waals surface area contributed by atoms with Crippen molar-refractivity contribution in [2.45, 2.75) is 20.3 Å². The number of rotatable bonds is 6. The molecule has 0 atom stereocenters. The summed E-state index contributed by atoms with van der Waals surface area (Å²) in [7, 11) is 0. The minimum atomic E-state index is -0.510. The average Bonchev–Trinajstić information content (AvgIpc) is 2.55. The fourth-order valence-corrected chi connectivity index (χ4v) is 2.22. The topological polar surface area (TPSA) is 55.3 Å². The highest BCUT2D eigenvalue weighted by atomic mass is 35.5. The second kappa shape index (κ2) is 7.87. The molecule has 0 saturated carbocycles. The normalized spacial score (nSPS) is 10.4. The van der Waals surface area contributed by atoms with Gasteiger partial charge in [0.2, 0.25) is 0 Å². The molecule has 2 aromatic rings. The van der Waals surface area contributed by atoms with Crippen LogP contribution in [0.15, 0.2) is 30.7 Å². The lowest BCUT2D eigenvalue weighted by molar-refractivity contribution is 0.0761. The minimum absolute atomic E-state index is 0.114. The molecule has 0 fully saturated rings.